The fourth-order valence-corrected chi connectivity index (χ4v) is 5.47. The van der Waals surface area contributed by atoms with Gasteiger partial charge in [0.1, 0.15) is 11.0 Å². The summed E-state index contributed by atoms with van der Waals surface area (Å²) in [4.78, 5) is 45.4. The van der Waals surface area contributed by atoms with Gasteiger partial charge >= 0.3 is 18.0 Å². The van der Waals surface area contributed by atoms with Gasteiger partial charge in [-0.15, -0.1) is 0 Å². The number of hydrazine groups is 1. The van der Waals surface area contributed by atoms with E-state index in [1.54, 1.807) is 6.07 Å². The molecule has 0 fully saturated rings. The number of anilines is 2. The van der Waals surface area contributed by atoms with Crippen molar-refractivity contribution in [2.24, 2.45) is 0 Å². The lowest BCUT2D eigenvalue weighted by Crippen LogP contribution is -2.34. The lowest BCUT2D eigenvalue weighted by molar-refractivity contribution is -0.384. The predicted molar refractivity (Wildman–Crippen MR) is 150 cm³/mol. The minimum atomic E-state index is -4.39. The average molecular weight is 648 g/mol. The number of halogens is 2. The predicted octanol–water partition coefficient (Wildman–Crippen LogP) is 3.75. The number of nitro groups is 1. The molecule has 4 N–H and O–H groups in total. The Bertz CT molecular complexity index is 1960. The number of ether oxygens (including phenoxy) is 1. The number of carboxylic acids is 1. The van der Waals surface area contributed by atoms with Crippen molar-refractivity contribution in [3.8, 4) is 6.07 Å². The van der Waals surface area contributed by atoms with Crippen molar-refractivity contribution in [2.45, 2.75) is 4.90 Å². The molecule has 3 aromatic carbocycles. The second kappa shape index (κ2) is 12.2. The summed E-state index contributed by atoms with van der Waals surface area (Å²) in [6.45, 7) is -0.969. The molecular weight excluding hydrogens is 633 g/mol. The van der Waals surface area contributed by atoms with Gasteiger partial charge in [0.2, 0.25) is 0 Å². The first-order valence-corrected chi connectivity index (χ1v) is 13.7. The Labute approximate surface area is 250 Å². The fourth-order valence-electron chi connectivity index (χ4n) is 3.56. The van der Waals surface area contributed by atoms with Crippen molar-refractivity contribution < 1.29 is 37.6 Å². The number of aliphatic carboxylic acids is 1. The van der Waals surface area contributed by atoms with Crippen LogP contribution in [-0.4, -0.2) is 52.8 Å². The quantitative estimate of drug-likeness (QED) is 0.115. The molecule has 43 heavy (non-hydrogen) atoms. The summed E-state index contributed by atoms with van der Waals surface area (Å²) in [5, 5.41) is 32.4. The molecule has 0 unspecified atom stereocenters. The van der Waals surface area contributed by atoms with E-state index in [1.807, 2.05) is 0 Å². The molecule has 1 aromatic heterocycles. The maximum atomic E-state index is 13.0. The van der Waals surface area contributed by atoms with E-state index in [-0.39, 0.29) is 43.7 Å². The number of carboxylic acid groups (broad SMARTS) is 1. The molecule has 1 heterocycles. The molecular formula is C24H15Cl2N7O9S. The third kappa shape index (κ3) is 6.73. The summed E-state index contributed by atoms with van der Waals surface area (Å²) in [7, 11) is -4.39. The molecule has 0 aliphatic heterocycles. The number of nitrogens with zero attached hydrogens (tertiary/aromatic N) is 4. The van der Waals surface area contributed by atoms with Gasteiger partial charge in [-0.2, -0.15) is 15.0 Å². The van der Waals surface area contributed by atoms with Crippen LogP contribution in [0.15, 0.2) is 59.5 Å². The number of nitrogens with one attached hydrogen (secondary N) is 3. The number of esters is 1. The molecule has 0 aliphatic rings. The minimum absolute atomic E-state index is 0.0521. The van der Waals surface area contributed by atoms with Crippen molar-refractivity contribution in [1.82, 2.24) is 15.2 Å². The molecule has 0 bridgehead atoms. The number of nitro benzene ring substituents is 1. The lowest BCUT2D eigenvalue weighted by Gasteiger charge is -2.13. The number of carbonyl (C=O) groups excluding carboxylic acids is 2. The number of nitriles is 1. The Morgan fingerprint density at radius 1 is 1.07 bits per heavy atom. The molecule has 220 valence electrons. The molecule has 0 spiro atoms. The Balaban J connectivity index is 1.47. The van der Waals surface area contributed by atoms with Crippen molar-refractivity contribution in [2.75, 3.05) is 16.8 Å². The van der Waals surface area contributed by atoms with Gasteiger partial charge < -0.3 is 9.84 Å². The Hall–Kier alpha value is -5.44. The van der Waals surface area contributed by atoms with E-state index >= 15 is 0 Å². The van der Waals surface area contributed by atoms with E-state index in [2.05, 4.69) is 25.4 Å². The zero-order chi connectivity index (χ0) is 31.5. The average Bonchev–Trinajstić information content (AvgIpc) is 3.33. The van der Waals surface area contributed by atoms with Crippen LogP contribution in [0.25, 0.3) is 10.9 Å². The van der Waals surface area contributed by atoms with E-state index < -0.39 is 50.0 Å². The summed E-state index contributed by atoms with van der Waals surface area (Å²) < 4.78 is 33.7. The third-order valence-corrected chi connectivity index (χ3v) is 7.64. The van der Waals surface area contributed by atoms with Crippen molar-refractivity contribution in [3.05, 3.63) is 86.0 Å². The lowest BCUT2D eigenvalue weighted by atomic mass is 10.2. The van der Waals surface area contributed by atoms with Gasteiger partial charge in [-0.05, 0) is 42.5 Å². The van der Waals surface area contributed by atoms with Gasteiger partial charge in [0, 0.05) is 23.2 Å². The summed E-state index contributed by atoms with van der Waals surface area (Å²) in [6, 6.07) is 11.8. The SMILES string of the molecule is N#Cc1nn(C(=O)NNc2ccc(NS(=O)(=O)c3cc(C(=O)OCC(=O)O)c(Cl)cc3Cl)cc2)c2ccc([N+](=O)[O-])cc12. The zero-order valence-electron chi connectivity index (χ0n) is 21.1. The van der Waals surface area contributed by atoms with Crippen LogP contribution in [0.5, 0.6) is 0 Å². The number of benzene rings is 3. The van der Waals surface area contributed by atoms with Gasteiger partial charge in [-0.25, -0.2) is 28.2 Å². The molecule has 0 radical (unpaired) electrons. The first kappa shape index (κ1) is 30.5. The van der Waals surface area contributed by atoms with Crippen LogP contribution < -0.4 is 15.6 Å². The number of hydrogen-bond donors (Lipinski definition) is 4. The molecule has 0 saturated carbocycles. The van der Waals surface area contributed by atoms with Crippen LogP contribution >= 0.6 is 23.2 Å². The standard InChI is InChI=1S/C24H15Cl2N7O9S/c25-17-9-18(26)21(8-15(17)23(36)42-11-22(34)35)43(40,41)31-13-3-1-12(2-4-13)28-29-24(37)32-20-6-5-14(33(38)39)7-16(20)19(10-27)30-32/h1-9,28,31H,11H2,(H,29,37)(H,34,35). The highest BCUT2D eigenvalue weighted by Crippen LogP contribution is 2.31. The molecule has 0 saturated heterocycles. The number of non-ortho nitro benzene ring substituents is 1. The Kier molecular flexibility index (Phi) is 8.66. The highest BCUT2D eigenvalue weighted by molar-refractivity contribution is 7.92. The van der Waals surface area contributed by atoms with E-state index in [1.165, 1.54) is 30.3 Å². The maximum Gasteiger partial charge on any atom is 0.361 e. The fraction of sp³-hybridized carbons (Fsp3) is 0.0417. The molecule has 0 aliphatic carbocycles. The molecule has 0 atom stereocenters. The largest absolute Gasteiger partial charge is 0.479 e. The normalized spacial score (nSPS) is 10.9. The number of carbonyl (C=O) groups is 3. The van der Waals surface area contributed by atoms with Crippen LogP contribution in [0.4, 0.5) is 21.9 Å². The van der Waals surface area contributed by atoms with Crippen LogP contribution in [0.2, 0.25) is 10.0 Å². The van der Waals surface area contributed by atoms with E-state index in [9.17, 15) is 38.2 Å². The van der Waals surface area contributed by atoms with Crippen LogP contribution in [0.1, 0.15) is 16.1 Å². The molecule has 4 rings (SSSR count). The second-order valence-electron chi connectivity index (χ2n) is 8.30. The number of fused-ring (bicyclic) bond motifs is 1. The molecule has 19 heteroatoms. The number of hydrogen-bond acceptors (Lipinski definition) is 11. The Morgan fingerprint density at radius 3 is 2.37 bits per heavy atom. The molecule has 1 amide bonds. The van der Waals surface area contributed by atoms with Crippen LogP contribution in [0.3, 0.4) is 0 Å². The second-order valence-corrected chi connectivity index (χ2v) is 10.8. The summed E-state index contributed by atoms with van der Waals surface area (Å²) in [5.41, 5.74) is 4.51. The molecule has 16 nitrogen and oxygen atoms in total. The smallest absolute Gasteiger partial charge is 0.361 e. The van der Waals surface area contributed by atoms with Gasteiger partial charge in [-0.1, -0.05) is 23.2 Å². The van der Waals surface area contributed by atoms with Gasteiger partial charge in [-0.3, -0.25) is 20.3 Å². The minimum Gasteiger partial charge on any atom is -0.479 e. The highest BCUT2D eigenvalue weighted by Gasteiger charge is 2.24. The van der Waals surface area contributed by atoms with Crippen LogP contribution in [0, 0.1) is 21.4 Å². The van der Waals surface area contributed by atoms with Crippen molar-refractivity contribution in [1.29, 1.82) is 5.26 Å². The summed E-state index contributed by atoms with van der Waals surface area (Å²) in [5.74, 6) is -2.60. The van der Waals surface area contributed by atoms with Gasteiger partial charge in [0.25, 0.3) is 15.7 Å². The number of sulfonamides is 1. The Morgan fingerprint density at radius 2 is 1.74 bits per heavy atom. The van der Waals surface area contributed by atoms with E-state index in [0.29, 0.717) is 0 Å². The summed E-state index contributed by atoms with van der Waals surface area (Å²) in [6.07, 6.45) is 0. The monoisotopic (exact) mass is 647 g/mol. The highest BCUT2D eigenvalue weighted by atomic mass is 35.5. The van der Waals surface area contributed by atoms with E-state index in [4.69, 9.17) is 28.3 Å². The molecule has 4 aromatic rings. The van der Waals surface area contributed by atoms with Crippen molar-refractivity contribution >= 4 is 79.2 Å². The van der Waals surface area contributed by atoms with E-state index in [0.717, 1.165) is 28.9 Å². The first-order valence-electron chi connectivity index (χ1n) is 11.4. The topological polar surface area (TPSA) is 236 Å². The van der Waals surface area contributed by atoms with Gasteiger partial charge in [0.05, 0.1) is 31.7 Å². The third-order valence-electron chi connectivity index (χ3n) is 5.48. The van der Waals surface area contributed by atoms with Crippen molar-refractivity contribution in [3.63, 3.8) is 0 Å². The number of rotatable bonds is 9. The number of aromatic nitrogens is 2. The number of amides is 1. The first-order chi connectivity index (χ1) is 20.3. The maximum absolute atomic E-state index is 13.0. The summed E-state index contributed by atoms with van der Waals surface area (Å²) >= 11 is 12.0. The zero-order valence-corrected chi connectivity index (χ0v) is 23.4. The van der Waals surface area contributed by atoms with Gasteiger partial charge in [0.15, 0.2) is 12.3 Å². The van der Waals surface area contributed by atoms with Crippen LogP contribution in [-0.2, 0) is 19.6 Å².